The van der Waals surface area contributed by atoms with Crippen LogP contribution in [0.3, 0.4) is 0 Å². The summed E-state index contributed by atoms with van der Waals surface area (Å²) in [5.41, 5.74) is 10.2. The smallest absolute Gasteiger partial charge is 0.234 e. The van der Waals surface area contributed by atoms with Gasteiger partial charge in [-0.1, -0.05) is 59.5 Å². The fourth-order valence-electron chi connectivity index (χ4n) is 4.75. The van der Waals surface area contributed by atoms with Crippen LogP contribution in [0.2, 0.25) is 0 Å². The molecule has 5 rings (SSSR count). The van der Waals surface area contributed by atoms with E-state index in [9.17, 15) is 19.2 Å². The number of Topliss-reactive ketones (excluding diaryl/α,β-unsaturated/α-hetero) is 1. The van der Waals surface area contributed by atoms with Gasteiger partial charge in [0.05, 0.1) is 29.0 Å². The first-order valence-electron chi connectivity index (χ1n) is 11.9. The van der Waals surface area contributed by atoms with Crippen molar-refractivity contribution in [2.75, 3.05) is 16.0 Å². The third kappa shape index (κ3) is 4.80. The summed E-state index contributed by atoms with van der Waals surface area (Å²) < 4.78 is 14.3. The van der Waals surface area contributed by atoms with E-state index in [2.05, 4.69) is 21.6 Å². The summed E-state index contributed by atoms with van der Waals surface area (Å²) in [7, 11) is 0. The first kappa shape index (κ1) is 25.6. The van der Waals surface area contributed by atoms with Crippen LogP contribution in [0.15, 0.2) is 75.5 Å². The lowest BCUT2D eigenvalue weighted by molar-refractivity contribution is -0.116. The summed E-state index contributed by atoms with van der Waals surface area (Å²) in [6, 6.07) is 15.9. The molecular weight excluding hydrogens is 523 g/mol. The molecule has 11 heteroatoms. The van der Waals surface area contributed by atoms with E-state index in [1.54, 1.807) is 17.0 Å². The Labute approximate surface area is 227 Å². The lowest BCUT2D eigenvalue weighted by atomic mass is 9.75. The van der Waals surface area contributed by atoms with Crippen molar-refractivity contribution in [3.8, 4) is 6.07 Å². The number of thioether (sulfide) groups is 1. The van der Waals surface area contributed by atoms with Gasteiger partial charge in [0, 0.05) is 17.7 Å². The Morgan fingerprint density at radius 3 is 2.76 bits per heavy atom. The number of amides is 1. The topological polar surface area (TPSA) is 125 Å². The summed E-state index contributed by atoms with van der Waals surface area (Å²) in [5, 5.41) is 21.6. The normalized spacial score (nSPS) is 17.3. The zero-order valence-corrected chi connectivity index (χ0v) is 22.0. The van der Waals surface area contributed by atoms with Crippen molar-refractivity contribution in [3.05, 3.63) is 88.1 Å². The fourth-order valence-corrected chi connectivity index (χ4v) is 6.43. The van der Waals surface area contributed by atoms with E-state index in [4.69, 9.17) is 5.73 Å². The van der Waals surface area contributed by atoms with Gasteiger partial charge in [-0.2, -0.15) is 5.26 Å². The number of benzene rings is 2. The van der Waals surface area contributed by atoms with Crippen molar-refractivity contribution in [2.45, 2.75) is 36.4 Å². The maximum Gasteiger partial charge on any atom is 0.234 e. The molecule has 1 amide bonds. The van der Waals surface area contributed by atoms with Crippen LogP contribution in [-0.2, 0) is 9.59 Å². The molecule has 2 aliphatic rings. The predicted octanol–water partition coefficient (Wildman–Crippen LogP) is 5.02. The Morgan fingerprint density at radius 1 is 1.24 bits per heavy atom. The van der Waals surface area contributed by atoms with Crippen LogP contribution < -0.4 is 16.0 Å². The fraction of sp³-hybridized carbons (Fsp3) is 0.222. The van der Waals surface area contributed by atoms with Crippen LogP contribution in [-0.4, -0.2) is 27.6 Å². The van der Waals surface area contributed by atoms with E-state index in [0.29, 0.717) is 39.9 Å². The number of nitrogens with two attached hydrogens (primary N) is 1. The van der Waals surface area contributed by atoms with Gasteiger partial charge in [-0.05, 0) is 43.0 Å². The third-order valence-corrected chi connectivity index (χ3v) is 8.52. The SMILES string of the molecule is Cc1ccccc1C1C(C#N)=C(N)N(c2nnc(SCC(=O)Nc3ccccc3F)s2)C2=C1C(=O)CCC2. The molecule has 2 heterocycles. The van der Waals surface area contributed by atoms with Gasteiger partial charge in [-0.3, -0.25) is 14.5 Å². The van der Waals surface area contributed by atoms with Crippen LogP contribution >= 0.6 is 23.1 Å². The van der Waals surface area contributed by atoms with Crippen LogP contribution in [0.25, 0.3) is 0 Å². The monoisotopic (exact) mass is 546 g/mol. The number of aromatic nitrogens is 2. The number of nitrogens with zero attached hydrogens (tertiary/aromatic N) is 4. The quantitative estimate of drug-likeness (QED) is 0.413. The van der Waals surface area contributed by atoms with Gasteiger partial charge in [0.15, 0.2) is 10.1 Å². The van der Waals surface area contributed by atoms with Crippen molar-refractivity contribution in [1.82, 2.24) is 10.2 Å². The Balaban J connectivity index is 1.44. The molecule has 0 saturated carbocycles. The molecule has 0 radical (unpaired) electrons. The number of anilines is 2. The van der Waals surface area contributed by atoms with Crippen molar-refractivity contribution >= 4 is 45.6 Å². The average molecular weight is 547 g/mol. The van der Waals surface area contributed by atoms with E-state index >= 15 is 0 Å². The molecule has 1 aromatic heterocycles. The summed E-state index contributed by atoms with van der Waals surface area (Å²) in [4.78, 5) is 27.3. The number of ketones is 1. The Bertz CT molecular complexity index is 1540. The Morgan fingerprint density at radius 2 is 2.00 bits per heavy atom. The summed E-state index contributed by atoms with van der Waals surface area (Å²) in [5.74, 6) is -1.22. The molecule has 0 fully saturated rings. The second-order valence-electron chi connectivity index (χ2n) is 8.84. The zero-order valence-electron chi connectivity index (χ0n) is 20.4. The lowest BCUT2D eigenvalue weighted by Gasteiger charge is -2.38. The molecule has 1 aliphatic carbocycles. The highest BCUT2D eigenvalue weighted by atomic mass is 32.2. The molecule has 0 bridgehead atoms. The van der Waals surface area contributed by atoms with Crippen molar-refractivity contribution in [2.24, 2.45) is 5.73 Å². The molecule has 38 heavy (non-hydrogen) atoms. The minimum absolute atomic E-state index is 0.000471. The molecule has 3 N–H and O–H groups in total. The van der Waals surface area contributed by atoms with Gasteiger partial charge in [-0.25, -0.2) is 4.39 Å². The zero-order chi connectivity index (χ0) is 26.8. The molecule has 1 unspecified atom stereocenters. The van der Waals surface area contributed by atoms with Crippen molar-refractivity contribution < 1.29 is 14.0 Å². The summed E-state index contributed by atoms with van der Waals surface area (Å²) >= 11 is 2.36. The largest absolute Gasteiger partial charge is 0.384 e. The summed E-state index contributed by atoms with van der Waals surface area (Å²) in [6.07, 6.45) is 1.68. The number of halogens is 1. The number of allylic oxidation sites excluding steroid dienone is 3. The summed E-state index contributed by atoms with van der Waals surface area (Å²) in [6.45, 7) is 1.96. The number of nitrogens with one attached hydrogen (secondary N) is 1. The Hall–Kier alpha value is -4.01. The van der Waals surface area contributed by atoms with Crippen LogP contribution in [0.1, 0.15) is 36.3 Å². The number of hydrogen-bond acceptors (Lipinski definition) is 9. The van der Waals surface area contributed by atoms with Crippen LogP contribution in [0.5, 0.6) is 0 Å². The lowest BCUT2D eigenvalue weighted by Crippen LogP contribution is -2.38. The van der Waals surface area contributed by atoms with E-state index in [-0.39, 0.29) is 29.0 Å². The average Bonchev–Trinajstić information content (AvgIpc) is 3.37. The second kappa shape index (κ2) is 10.8. The molecule has 1 aliphatic heterocycles. The second-order valence-corrected chi connectivity index (χ2v) is 11.0. The standard InChI is InChI=1S/C27H23FN6O2S2/c1-15-7-2-3-8-16(15)23-17(13-29)25(30)34(20-11-6-12-21(35)24(20)23)26-32-33-27(38-26)37-14-22(36)31-19-10-5-4-9-18(19)28/h2-5,7-10,23H,6,11-12,14,30H2,1H3,(H,31,36). The number of rotatable bonds is 6. The van der Waals surface area contributed by atoms with E-state index in [1.807, 2.05) is 31.2 Å². The number of nitriles is 1. The van der Waals surface area contributed by atoms with Gasteiger partial charge in [-0.15, -0.1) is 10.2 Å². The number of aryl methyl sites for hydroxylation is 1. The Kier molecular flexibility index (Phi) is 7.26. The molecule has 0 saturated heterocycles. The molecular formula is C27H23FN6O2S2. The van der Waals surface area contributed by atoms with E-state index in [1.165, 1.54) is 23.5 Å². The molecule has 192 valence electrons. The number of hydrogen-bond donors (Lipinski definition) is 2. The van der Waals surface area contributed by atoms with Gasteiger partial charge in [0.25, 0.3) is 0 Å². The van der Waals surface area contributed by atoms with Crippen molar-refractivity contribution in [1.29, 1.82) is 5.26 Å². The van der Waals surface area contributed by atoms with E-state index < -0.39 is 11.7 Å². The first-order valence-corrected chi connectivity index (χ1v) is 13.7. The number of para-hydroxylation sites is 1. The predicted molar refractivity (Wildman–Crippen MR) is 145 cm³/mol. The van der Waals surface area contributed by atoms with Crippen molar-refractivity contribution in [3.63, 3.8) is 0 Å². The minimum atomic E-state index is -0.538. The van der Waals surface area contributed by atoms with Gasteiger partial charge in [0.1, 0.15) is 11.6 Å². The molecule has 3 aromatic rings. The highest BCUT2D eigenvalue weighted by molar-refractivity contribution is 8.01. The van der Waals surface area contributed by atoms with Gasteiger partial charge < -0.3 is 11.1 Å². The number of carbonyl (C=O) groups is 2. The third-order valence-electron chi connectivity index (χ3n) is 6.47. The van der Waals surface area contributed by atoms with Crippen LogP contribution in [0.4, 0.5) is 15.2 Å². The first-order chi connectivity index (χ1) is 18.4. The highest BCUT2D eigenvalue weighted by Crippen LogP contribution is 2.47. The van der Waals surface area contributed by atoms with Crippen LogP contribution in [0, 0.1) is 24.1 Å². The maximum absolute atomic E-state index is 13.8. The molecule has 2 aromatic carbocycles. The number of carbonyl (C=O) groups excluding carboxylic acids is 2. The molecule has 0 spiro atoms. The van der Waals surface area contributed by atoms with E-state index in [0.717, 1.165) is 28.6 Å². The van der Waals surface area contributed by atoms with Gasteiger partial charge in [0.2, 0.25) is 11.0 Å². The minimum Gasteiger partial charge on any atom is -0.384 e. The molecule has 8 nitrogen and oxygen atoms in total. The van der Waals surface area contributed by atoms with Gasteiger partial charge >= 0.3 is 0 Å². The highest BCUT2D eigenvalue weighted by Gasteiger charge is 2.41. The molecule has 1 atom stereocenters. The maximum atomic E-state index is 13.8.